The lowest BCUT2D eigenvalue weighted by Gasteiger charge is -2.53. The summed E-state index contributed by atoms with van der Waals surface area (Å²) in [6, 6.07) is 0. The fourth-order valence-electron chi connectivity index (χ4n) is 6.66. The van der Waals surface area contributed by atoms with Gasteiger partial charge in [0.1, 0.15) is 6.61 Å². The molecule has 6 nitrogen and oxygen atoms in total. The Labute approximate surface area is 176 Å². The summed E-state index contributed by atoms with van der Waals surface area (Å²) in [5, 5.41) is 21.1. The number of rotatable bonds is 4. The molecule has 4 rings (SSSR count). The van der Waals surface area contributed by atoms with E-state index in [0.717, 1.165) is 23.1 Å². The van der Waals surface area contributed by atoms with Crippen LogP contribution in [0.25, 0.3) is 0 Å². The maximum Gasteiger partial charge on any atom is 0.306 e. The van der Waals surface area contributed by atoms with E-state index in [0.29, 0.717) is 19.3 Å². The summed E-state index contributed by atoms with van der Waals surface area (Å²) in [5.41, 5.74) is 0.352. The molecular formula is C24H30O6. The van der Waals surface area contributed by atoms with Gasteiger partial charge >= 0.3 is 5.97 Å². The van der Waals surface area contributed by atoms with Crippen LogP contribution in [0.15, 0.2) is 34.9 Å². The summed E-state index contributed by atoms with van der Waals surface area (Å²) >= 11 is 0. The SMILES string of the molecule is CCC(=O)O[C@]1(C(=O)CO)CC[C@H]2C3=C([C@@H](O)C[C@@]21C)[C@@]1(C)C=CC(=O)C=C1CC3. The molecule has 4 aliphatic rings. The van der Waals surface area contributed by atoms with Gasteiger partial charge in [0, 0.05) is 17.3 Å². The molecule has 0 amide bonds. The van der Waals surface area contributed by atoms with E-state index in [2.05, 4.69) is 0 Å². The average Bonchev–Trinajstić information content (AvgIpc) is 3.00. The van der Waals surface area contributed by atoms with E-state index in [1.165, 1.54) is 0 Å². The van der Waals surface area contributed by atoms with Crippen LogP contribution in [0.4, 0.5) is 0 Å². The lowest BCUT2D eigenvalue weighted by Crippen LogP contribution is -2.58. The van der Waals surface area contributed by atoms with Crippen LogP contribution in [0, 0.1) is 16.7 Å². The molecule has 0 radical (unpaired) electrons. The van der Waals surface area contributed by atoms with Crippen molar-refractivity contribution < 1.29 is 29.3 Å². The van der Waals surface area contributed by atoms with E-state index in [1.807, 2.05) is 19.9 Å². The third-order valence-electron chi connectivity index (χ3n) is 8.15. The topological polar surface area (TPSA) is 101 Å². The van der Waals surface area contributed by atoms with Crippen molar-refractivity contribution in [2.75, 3.05) is 6.61 Å². The highest BCUT2D eigenvalue weighted by molar-refractivity contribution is 6.01. The number of fused-ring (bicyclic) bond motifs is 4. The van der Waals surface area contributed by atoms with Gasteiger partial charge in [-0.25, -0.2) is 0 Å². The van der Waals surface area contributed by atoms with Crippen molar-refractivity contribution >= 4 is 17.5 Å². The Morgan fingerprint density at radius 1 is 1.27 bits per heavy atom. The first-order valence-electron chi connectivity index (χ1n) is 10.8. The van der Waals surface area contributed by atoms with E-state index in [-0.39, 0.29) is 24.5 Å². The zero-order valence-electron chi connectivity index (χ0n) is 17.9. The van der Waals surface area contributed by atoms with E-state index in [1.54, 1.807) is 19.1 Å². The summed E-state index contributed by atoms with van der Waals surface area (Å²) < 4.78 is 5.79. The Balaban J connectivity index is 1.84. The molecule has 5 atom stereocenters. The van der Waals surface area contributed by atoms with Gasteiger partial charge in [0.15, 0.2) is 11.4 Å². The molecule has 4 aliphatic carbocycles. The second-order valence-electron chi connectivity index (χ2n) is 9.51. The lowest BCUT2D eigenvalue weighted by atomic mass is 9.52. The maximum absolute atomic E-state index is 13.0. The fourth-order valence-corrected chi connectivity index (χ4v) is 6.66. The predicted octanol–water partition coefficient (Wildman–Crippen LogP) is 2.58. The van der Waals surface area contributed by atoms with Crippen LogP contribution >= 0.6 is 0 Å². The highest BCUT2D eigenvalue weighted by Gasteiger charge is 2.67. The number of Topliss-reactive ketones (excluding diaryl/α,β-unsaturated/α-hetero) is 1. The van der Waals surface area contributed by atoms with Gasteiger partial charge < -0.3 is 14.9 Å². The van der Waals surface area contributed by atoms with Crippen LogP contribution in [-0.2, 0) is 19.1 Å². The quantitative estimate of drug-likeness (QED) is 0.542. The second-order valence-corrected chi connectivity index (χ2v) is 9.51. The van der Waals surface area contributed by atoms with Gasteiger partial charge in [0.25, 0.3) is 0 Å². The summed E-state index contributed by atoms with van der Waals surface area (Å²) in [6.45, 7) is 4.94. The van der Waals surface area contributed by atoms with Crippen LogP contribution in [0.5, 0.6) is 0 Å². The van der Waals surface area contributed by atoms with Crippen LogP contribution in [-0.4, -0.2) is 46.1 Å². The minimum Gasteiger partial charge on any atom is -0.450 e. The van der Waals surface area contributed by atoms with E-state index in [4.69, 9.17) is 4.74 Å². The third-order valence-corrected chi connectivity index (χ3v) is 8.15. The molecule has 162 valence electrons. The van der Waals surface area contributed by atoms with Gasteiger partial charge in [-0.15, -0.1) is 0 Å². The normalized spacial score (nSPS) is 39.8. The van der Waals surface area contributed by atoms with Crippen molar-refractivity contribution in [3.63, 3.8) is 0 Å². The van der Waals surface area contributed by atoms with E-state index < -0.39 is 40.9 Å². The van der Waals surface area contributed by atoms with Gasteiger partial charge in [-0.05, 0) is 62.7 Å². The number of ether oxygens (including phenoxy) is 1. The zero-order valence-corrected chi connectivity index (χ0v) is 17.9. The summed E-state index contributed by atoms with van der Waals surface area (Å²) in [5.74, 6) is -1.01. The Hall–Kier alpha value is -2.05. The predicted molar refractivity (Wildman–Crippen MR) is 109 cm³/mol. The van der Waals surface area contributed by atoms with Crippen molar-refractivity contribution in [2.45, 2.75) is 71.0 Å². The Morgan fingerprint density at radius 2 is 2.00 bits per heavy atom. The lowest BCUT2D eigenvalue weighted by molar-refractivity contribution is -0.185. The number of ketones is 2. The molecular weight excluding hydrogens is 384 g/mol. The molecule has 0 bridgehead atoms. The van der Waals surface area contributed by atoms with E-state index in [9.17, 15) is 24.6 Å². The molecule has 1 fully saturated rings. The van der Waals surface area contributed by atoms with Crippen LogP contribution in [0.3, 0.4) is 0 Å². The molecule has 0 aromatic rings. The largest absolute Gasteiger partial charge is 0.450 e. The van der Waals surface area contributed by atoms with Gasteiger partial charge in [-0.1, -0.05) is 31.1 Å². The monoisotopic (exact) mass is 414 g/mol. The van der Waals surface area contributed by atoms with Gasteiger partial charge in [-0.3, -0.25) is 14.4 Å². The van der Waals surface area contributed by atoms with Crippen molar-refractivity contribution in [3.8, 4) is 0 Å². The first-order chi connectivity index (χ1) is 14.1. The van der Waals surface area contributed by atoms with Crippen LogP contribution in [0.2, 0.25) is 0 Å². The number of esters is 1. The number of hydrogen-bond donors (Lipinski definition) is 2. The summed E-state index contributed by atoms with van der Waals surface area (Å²) in [7, 11) is 0. The number of hydrogen-bond acceptors (Lipinski definition) is 6. The smallest absolute Gasteiger partial charge is 0.306 e. The van der Waals surface area contributed by atoms with Crippen LogP contribution < -0.4 is 0 Å². The maximum atomic E-state index is 13.0. The first kappa shape index (κ1) is 21.2. The molecule has 2 N–H and O–H groups in total. The van der Waals surface area contributed by atoms with Crippen LogP contribution in [0.1, 0.15) is 59.3 Å². The minimum absolute atomic E-state index is 0.0263. The van der Waals surface area contributed by atoms with Crippen molar-refractivity contribution in [2.24, 2.45) is 16.7 Å². The second kappa shape index (κ2) is 6.99. The Morgan fingerprint density at radius 3 is 2.67 bits per heavy atom. The molecule has 6 heteroatoms. The molecule has 30 heavy (non-hydrogen) atoms. The average molecular weight is 414 g/mol. The van der Waals surface area contributed by atoms with Crippen molar-refractivity contribution in [3.05, 3.63) is 34.9 Å². The summed E-state index contributed by atoms with van der Waals surface area (Å²) in [6.07, 6.45) is 7.16. The molecule has 0 aliphatic heterocycles. The number of carbonyl (C=O) groups is 3. The zero-order chi connectivity index (χ0) is 21.9. The minimum atomic E-state index is -1.42. The molecule has 0 aromatic heterocycles. The van der Waals surface area contributed by atoms with Crippen molar-refractivity contribution in [1.29, 1.82) is 0 Å². The third kappa shape index (κ3) is 2.66. The molecule has 0 unspecified atom stereocenters. The van der Waals surface area contributed by atoms with Gasteiger partial charge in [0.2, 0.25) is 5.78 Å². The summed E-state index contributed by atoms with van der Waals surface area (Å²) in [4.78, 5) is 37.1. The first-order valence-corrected chi connectivity index (χ1v) is 10.8. The number of aliphatic hydroxyl groups excluding tert-OH is 2. The molecule has 0 saturated heterocycles. The highest BCUT2D eigenvalue weighted by atomic mass is 16.6. The number of carbonyl (C=O) groups excluding carboxylic acids is 3. The molecule has 0 spiro atoms. The van der Waals surface area contributed by atoms with Gasteiger partial charge in [-0.2, -0.15) is 0 Å². The number of allylic oxidation sites excluding steroid dienone is 5. The molecule has 0 aromatic carbocycles. The molecule has 1 saturated carbocycles. The van der Waals surface area contributed by atoms with E-state index >= 15 is 0 Å². The number of aliphatic hydroxyl groups is 2. The Bertz CT molecular complexity index is 911. The highest BCUT2D eigenvalue weighted by Crippen LogP contribution is 2.65. The standard InChI is InChI=1S/C24H30O6/c1-4-20(29)30-24(19(28)13-25)10-8-17-16-6-5-14-11-15(26)7-9-22(14,2)21(16)18(27)12-23(17,24)3/h7,9,11,17-18,25,27H,4-6,8,10,12-13H2,1-3H3/t17-,18-,22-,23-,24-/m0/s1. The molecule has 0 heterocycles. The fraction of sp³-hybridized carbons (Fsp3) is 0.625. The van der Waals surface area contributed by atoms with Gasteiger partial charge in [0.05, 0.1) is 6.10 Å². The van der Waals surface area contributed by atoms with Crippen molar-refractivity contribution in [1.82, 2.24) is 0 Å². The Kier molecular flexibility index (Phi) is 4.94.